The Morgan fingerprint density at radius 1 is 1.29 bits per heavy atom. The van der Waals surface area contributed by atoms with Gasteiger partial charge in [0.05, 0.1) is 0 Å². The van der Waals surface area contributed by atoms with Crippen LogP contribution in [0.5, 0.6) is 0 Å². The summed E-state index contributed by atoms with van der Waals surface area (Å²) >= 11 is 1.78. The van der Waals surface area contributed by atoms with Gasteiger partial charge in [0.2, 0.25) is 0 Å². The molecule has 1 rings (SSSR count). The first-order chi connectivity index (χ1) is 6.83. The molecule has 4 heteroatoms. The number of anilines is 1. The van der Waals surface area contributed by atoms with Gasteiger partial charge in [-0.3, -0.25) is 0 Å². The van der Waals surface area contributed by atoms with E-state index < -0.39 is 0 Å². The summed E-state index contributed by atoms with van der Waals surface area (Å²) in [5.74, 6) is 2.04. The lowest BCUT2D eigenvalue weighted by molar-refractivity contribution is 0.938. The molecule has 0 aromatic carbocycles. The van der Waals surface area contributed by atoms with Crippen molar-refractivity contribution >= 4 is 17.6 Å². The van der Waals surface area contributed by atoms with E-state index in [1.165, 1.54) is 5.56 Å². The molecule has 0 aliphatic carbocycles. The van der Waals surface area contributed by atoms with Crippen molar-refractivity contribution < 1.29 is 0 Å². The van der Waals surface area contributed by atoms with Crippen LogP contribution in [0.4, 0.5) is 5.82 Å². The molecule has 0 bridgehead atoms. The van der Waals surface area contributed by atoms with Crippen LogP contribution >= 0.6 is 11.8 Å². The zero-order chi connectivity index (χ0) is 10.4. The molecule has 0 atom stereocenters. The van der Waals surface area contributed by atoms with Crippen molar-refractivity contribution in [2.45, 2.75) is 32.2 Å². The van der Waals surface area contributed by atoms with Crippen molar-refractivity contribution in [3.05, 3.63) is 11.9 Å². The number of rotatable bonds is 5. The molecule has 0 saturated carbocycles. The molecule has 0 radical (unpaired) electrons. The Bertz CT molecular complexity index is 264. The second-order valence-electron chi connectivity index (χ2n) is 2.82. The van der Waals surface area contributed by atoms with E-state index >= 15 is 0 Å². The maximum absolute atomic E-state index is 4.29. The Morgan fingerprint density at radius 2 is 2.07 bits per heavy atom. The lowest BCUT2D eigenvalue weighted by atomic mass is 10.2. The number of nitrogens with one attached hydrogen (secondary N) is 1. The lowest BCUT2D eigenvalue weighted by Crippen LogP contribution is -2.05. The predicted molar refractivity (Wildman–Crippen MR) is 62.0 cm³/mol. The number of aromatic nitrogens is 2. The minimum absolute atomic E-state index is 0.903. The summed E-state index contributed by atoms with van der Waals surface area (Å²) < 4.78 is 0. The van der Waals surface area contributed by atoms with E-state index in [1.54, 1.807) is 18.1 Å². The summed E-state index contributed by atoms with van der Waals surface area (Å²) in [6.45, 7) is 7.26. The average Bonchev–Trinajstić information content (AvgIpc) is 2.19. The Balaban J connectivity index is 2.98. The van der Waals surface area contributed by atoms with Crippen molar-refractivity contribution in [3.63, 3.8) is 0 Å². The van der Waals surface area contributed by atoms with Gasteiger partial charge in [0.25, 0.3) is 0 Å². The highest BCUT2D eigenvalue weighted by atomic mass is 32.2. The Labute approximate surface area is 89.7 Å². The summed E-state index contributed by atoms with van der Waals surface area (Å²) in [5.41, 5.74) is 1.24. The molecule has 14 heavy (non-hydrogen) atoms. The van der Waals surface area contributed by atoms with Gasteiger partial charge >= 0.3 is 0 Å². The van der Waals surface area contributed by atoms with E-state index in [4.69, 9.17) is 0 Å². The minimum Gasteiger partial charge on any atom is -0.370 e. The second kappa shape index (κ2) is 5.86. The van der Waals surface area contributed by atoms with Gasteiger partial charge < -0.3 is 5.32 Å². The first-order valence-corrected chi connectivity index (χ1v) is 6.02. The number of hydrogen-bond donors (Lipinski definition) is 1. The van der Waals surface area contributed by atoms with Crippen LogP contribution in [0.15, 0.2) is 11.4 Å². The van der Waals surface area contributed by atoms with Gasteiger partial charge in [0.15, 0.2) is 0 Å². The fourth-order valence-electron chi connectivity index (χ4n) is 1.30. The maximum atomic E-state index is 4.29. The van der Waals surface area contributed by atoms with Crippen LogP contribution in [0.3, 0.4) is 0 Å². The van der Waals surface area contributed by atoms with E-state index in [2.05, 4.69) is 36.1 Å². The van der Waals surface area contributed by atoms with E-state index in [9.17, 15) is 0 Å². The topological polar surface area (TPSA) is 37.8 Å². The van der Waals surface area contributed by atoms with Crippen molar-refractivity contribution in [2.24, 2.45) is 0 Å². The summed E-state index contributed by atoms with van der Waals surface area (Å²) in [6, 6.07) is 0. The Morgan fingerprint density at radius 3 is 2.64 bits per heavy atom. The molecule has 0 aliphatic rings. The largest absolute Gasteiger partial charge is 0.370 e. The normalized spacial score (nSPS) is 10.2. The quantitative estimate of drug-likeness (QED) is 0.600. The summed E-state index contributed by atoms with van der Waals surface area (Å²) in [5, 5.41) is 4.37. The monoisotopic (exact) mass is 211 g/mol. The second-order valence-corrected chi connectivity index (χ2v) is 4.08. The van der Waals surface area contributed by atoms with Crippen molar-refractivity contribution in [1.82, 2.24) is 9.97 Å². The van der Waals surface area contributed by atoms with Gasteiger partial charge in [-0.15, -0.1) is 11.8 Å². The maximum Gasteiger partial charge on any atom is 0.133 e. The standard InChI is InChI=1S/C10H17N3S/c1-4-8-9(11-5-2)12-7-13-10(8)14-6-3/h7H,4-6H2,1-3H3,(H,11,12,13). The molecule has 1 N–H and O–H groups in total. The van der Waals surface area contributed by atoms with E-state index in [0.717, 1.165) is 29.6 Å². The van der Waals surface area contributed by atoms with Crippen LogP contribution in [0.25, 0.3) is 0 Å². The van der Waals surface area contributed by atoms with E-state index in [0.29, 0.717) is 0 Å². The Hall–Kier alpha value is -0.770. The molecule has 1 aromatic heterocycles. The zero-order valence-corrected chi connectivity index (χ0v) is 9.82. The third-order valence-corrected chi connectivity index (χ3v) is 2.80. The van der Waals surface area contributed by atoms with Gasteiger partial charge in [-0.25, -0.2) is 9.97 Å². The van der Waals surface area contributed by atoms with Crippen molar-refractivity contribution in [2.75, 3.05) is 17.6 Å². The van der Waals surface area contributed by atoms with Crippen LogP contribution in [-0.4, -0.2) is 22.3 Å². The fraction of sp³-hybridized carbons (Fsp3) is 0.600. The highest BCUT2D eigenvalue weighted by Gasteiger charge is 2.08. The van der Waals surface area contributed by atoms with Gasteiger partial charge in [0.1, 0.15) is 17.2 Å². The van der Waals surface area contributed by atoms with Crippen molar-refractivity contribution in [3.8, 4) is 0 Å². The Kier molecular flexibility index (Phi) is 4.73. The van der Waals surface area contributed by atoms with Crippen LogP contribution in [0.1, 0.15) is 26.3 Å². The molecule has 1 heterocycles. The van der Waals surface area contributed by atoms with Gasteiger partial charge in [-0.1, -0.05) is 13.8 Å². The van der Waals surface area contributed by atoms with Crippen LogP contribution < -0.4 is 5.32 Å². The third-order valence-electron chi connectivity index (χ3n) is 1.88. The van der Waals surface area contributed by atoms with E-state index in [1.807, 2.05) is 0 Å². The number of hydrogen-bond acceptors (Lipinski definition) is 4. The van der Waals surface area contributed by atoms with Gasteiger partial charge in [-0.2, -0.15) is 0 Å². The number of nitrogens with zero attached hydrogens (tertiary/aromatic N) is 2. The summed E-state index contributed by atoms with van der Waals surface area (Å²) in [7, 11) is 0. The molecule has 78 valence electrons. The lowest BCUT2D eigenvalue weighted by Gasteiger charge is -2.10. The van der Waals surface area contributed by atoms with Crippen LogP contribution in [-0.2, 0) is 6.42 Å². The van der Waals surface area contributed by atoms with Crippen LogP contribution in [0, 0.1) is 0 Å². The number of thioether (sulfide) groups is 1. The smallest absolute Gasteiger partial charge is 0.133 e. The SMILES string of the molecule is CCNc1ncnc(SCC)c1CC. The molecule has 1 aromatic rings. The molecular formula is C10H17N3S. The predicted octanol–water partition coefficient (Wildman–Crippen LogP) is 2.58. The van der Waals surface area contributed by atoms with Crippen molar-refractivity contribution in [1.29, 1.82) is 0 Å². The molecule has 0 fully saturated rings. The molecule has 0 saturated heterocycles. The minimum atomic E-state index is 0.903. The molecule has 0 spiro atoms. The molecule has 3 nitrogen and oxygen atoms in total. The van der Waals surface area contributed by atoms with E-state index in [-0.39, 0.29) is 0 Å². The third kappa shape index (κ3) is 2.61. The summed E-state index contributed by atoms with van der Waals surface area (Å²) in [6.07, 6.45) is 2.61. The summed E-state index contributed by atoms with van der Waals surface area (Å²) in [4.78, 5) is 8.54. The average molecular weight is 211 g/mol. The van der Waals surface area contributed by atoms with Gasteiger partial charge in [0, 0.05) is 12.1 Å². The molecule has 0 unspecified atom stereocenters. The fourth-order valence-corrected chi connectivity index (χ4v) is 2.11. The molecule has 0 amide bonds. The first-order valence-electron chi connectivity index (χ1n) is 5.03. The highest BCUT2D eigenvalue weighted by molar-refractivity contribution is 7.99. The highest BCUT2D eigenvalue weighted by Crippen LogP contribution is 2.24. The van der Waals surface area contributed by atoms with Crippen LogP contribution in [0.2, 0.25) is 0 Å². The van der Waals surface area contributed by atoms with Gasteiger partial charge in [-0.05, 0) is 19.1 Å². The molecule has 0 aliphatic heterocycles. The molecular weight excluding hydrogens is 194 g/mol. The zero-order valence-electron chi connectivity index (χ0n) is 9.00. The first kappa shape index (κ1) is 11.3.